The van der Waals surface area contributed by atoms with Crippen molar-refractivity contribution in [3.8, 4) is 18.2 Å². The molecule has 0 aromatic carbocycles. The standard InChI is InChI=1S/C8H7N3/c1-2-3-4-8(5-9,6-10)7-11/h2H,1,3-4H2. The van der Waals surface area contributed by atoms with Gasteiger partial charge in [-0.05, 0) is 12.8 Å². The second-order valence-electron chi connectivity index (χ2n) is 2.07. The molecule has 0 rings (SSSR count). The number of nitriles is 3. The number of nitrogens with zero attached hydrogens (tertiary/aromatic N) is 3. The highest BCUT2D eigenvalue weighted by molar-refractivity contribution is 5.25. The first-order valence-corrected chi connectivity index (χ1v) is 3.09. The van der Waals surface area contributed by atoms with Crippen LogP contribution in [-0.2, 0) is 0 Å². The zero-order valence-corrected chi connectivity index (χ0v) is 6.04. The first kappa shape index (κ1) is 9.21. The van der Waals surface area contributed by atoms with Gasteiger partial charge in [0.1, 0.15) is 18.2 Å². The zero-order valence-electron chi connectivity index (χ0n) is 6.04. The molecule has 0 fully saturated rings. The van der Waals surface area contributed by atoms with Crippen LogP contribution in [0.1, 0.15) is 12.8 Å². The van der Waals surface area contributed by atoms with Gasteiger partial charge in [0.2, 0.25) is 5.41 Å². The van der Waals surface area contributed by atoms with Gasteiger partial charge in [-0.25, -0.2) is 0 Å². The molecule has 3 nitrogen and oxygen atoms in total. The van der Waals surface area contributed by atoms with Gasteiger partial charge in [-0.2, -0.15) is 15.8 Å². The Kier molecular flexibility index (Phi) is 3.43. The second-order valence-corrected chi connectivity index (χ2v) is 2.07. The number of hydrogen-bond donors (Lipinski definition) is 0. The van der Waals surface area contributed by atoms with Gasteiger partial charge in [-0.3, -0.25) is 0 Å². The van der Waals surface area contributed by atoms with Crippen molar-refractivity contribution in [3.63, 3.8) is 0 Å². The number of rotatable bonds is 3. The fourth-order valence-electron chi connectivity index (χ4n) is 0.561. The van der Waals surface area contributed by atoms with Crippen LogP contribution in [0.3, 0.4) is 0 Å². The van der Waals surface area contributed by atoms with E-state index in [0.717, 1.165) is 0 Å². The van der Waals surface area contributed by atoms with E-state index in [-0.39, 0.29) is 6.42 Å². The molecule has 0 saturated carbocycles. The quantitative estimate of drug-likeness (QED) is 0.565. The summed E-state index contributed by atoms with van der Waals surface area (Å²) in [5, 5.41) is 25.4. The maximum Gasteiger partial charge on any atom is 0.229 e. The fourth-order valence-corrected chi connectivity index (χ4v) is 0.561. The lowest BCUT2D eigenvalue weighted by atomic mass is 9.88. The third-order valence-electron chi connectivity index (χ3n) is 1.30. The molecule has 0 N–H and O–H groups in total. The van der Waals surface area contributed by atoms with Crippen LogP contribution in [-0.4, -0.2) is 0 Å². The Labute approximate surface area is 65.8 Å². The van der Waals surface area contributed by atoms with Crippen LogP contribution in [0, 0.1) is 39.4 Å². The molecular formula is C8H7N3. The van der Waals surface area contributed by atoms with Crippen LogP contribution in [0.25, 0.3) is 0 Å². The van der Waals surface area contributed by atoms with Gasteiger partial charge in [0, 0.05) is 0 Å². The van der Waals surface area contributed by atoms with E-state index in [2.05, 4.69) is 6.58 Å². The van der Waals surface area contributed by atoms with Crippen molar-refractivity contribution in [1.82, 2.24) is 0 Å². The van der Waals surface area contributed by atoms with Crippen molar-refractivity contribution in [2.24, 2.45) is 5.41 Å². The topological polar surface area (TPSA) is 71.4 Å². The van der Waals surface area contributed by atoms with Crippen LogP contribution in [0.5, 0.6) is 0 Å². The molecule has 0 aliphatic heterocycles. The van der Waals surface area contributed by atoms with Crippen molar-refractivity contribution in [2.45, 2.75) is 12.8 Å². The van der Waals surface area contributed by atoms with Crippen LogP contribution in [0.2, 0.25) is 0 Å². The maximum absolute atomic E-state index is 8.47. The van der Waals surface area contributed by atoms with Crippen molar-refractivity contribution in [3.05, 3.63) is 12.7 Å². The average molecular weight is 145 g/mol. The molecule has 0 radical (unpaired) electrons. The molecule has 0 atom stereocenters. The Morgan fingerprint density at radius 2 is 1.64 bits per heavy atom. The smallest absolute Gasteiger partial charge is 0.195 e. The van der Waals surface area contributed by atoms with Crippen LogP contribution < -0.4 is 0 Å². The van der Waals surface area contributed by atoms with E-state index in [1.807, 2.05) is 0 Å². The Balaban J connectivity index is 4.40. The first-order valence-electron chi connectivity index (χ1n) is 3.09. The highest BCUT2D eigenvalue weighted by Gasteiger charge is 2.28. The summed E-state index contributed by atoms with van der Waals surface area (Å²) in [5.74, 6) is 0. The third kappa shape index (κ3) is 2.12. The SMILES string of the molecule is C=CCCC(C#N)(C#N)C#N. The Bertz CT molecular complexity index is 222. The maximum atomic E-state index is 8.47. The van der Waals surface area contributed by atoms with Gasteiger partial charge in [0.15, 0.2) is 0 Å². The van der Waals surface area contributed by atoms with Gasteiger partial charge in [-0.15, -0.1) is 6.58 Å². The Morgan fingerprint density at radius 3 is 1.91 bits per heavy atom. The summed E-state index contributed by atoms with van der Waals surface area (Å²) >= 11 is 0. The molecular weight excluding hydrogens is 138 g/mol. The summed E-state index contributed by atoms with van der Waals surface area (Å²) in [4.78, 5) is 0. The van der Waals surface area contributed by atoms with E-state index in [9.17, 15) is 0 Å². The monoisotopic (exact) mass is 145 g/mol. The molecule has 0 heterocycles. The Hall–Kier alpha value is -1.79. The summed E-state index contributed by atoms with van der Waals surface area (Å²) < 4.78 is 0. The third-order valence-corrected chi connectivity index (χ3v) is 1.30. The van der Waals surface area contributed by atoms with E-state index < -0.39 is 5.41 Å². The number of hydrogen-bond acceptors (Lipinski definition) is 3. The van der Waals surface area contributed by atoms with E-state index in [1.165, 1.54) is 0 Å². The molecule has 0 unspecified atom stereocenters. The lowest BCUT2D eigenvalue weighted by Crippen LogP contribution is -2.12. The summed E-state index contributed by atoms with van der Waals surface area (Å²) in [6, 6.07) is 5.04. The summed E-state index contributed by atoms with van der Waals surface area (Å²) in [7, 11) is 0. The number of allylic oxidation sites excluding steroid dienone is 1. The van der Waals surface area contributed by atoms with Crippen molar-refractivity contribution in [2.75, 3.05) is 0 Å². The first-order chi connectivity index (χ1) is 5.24. The summed E-state index contributed by atoms with van der Waals surface area (Å²) in [6.07, 6.45) is 2.33. The van der Waals surface area contributed by atoms with Crippen molar-refractivity contribution in [1.29, 1.82) is 15.8 Å². The van der Waals surface area contributed by atoms with Crippen LogP contribution >= 0.6 is 0 Å². The molecule has 0 saturated heterocycles. The Morgan fingerprint density at radius 1 is 1.18 bits per heavy atom. The summed E-state index contributed by atoms with van der Waals surface area (Å²) in [5.41, 5.74) is -1.48. The van der Waals surface area contributed by atoms with E-state index in [1.54, 1.807) is 24.3 Å². The molecule has 54 valence electrons. The molecule has 0 amide bonds. The predicted molar refractivity (Wildman–Crippen MR) is 38.7 cm³/mol. The highest BCUT2D eigenvalue weighted by Crippen LogP contribution is 2.20. The van der Waals surface area contributed by atoms with E-state index in [4.69, 9.17) is 15.8 Å². The molecule has 3 heteroatoms. The van der Waals surface area contributed by atoms with Gasteiger partial charge in [0.25, 0.3) is 0 Å². The molecule has 0 aromatic heterocycles. The van der Waals surface area contributed by atoms with Crippen LogP contribution in [0.15, 0.2) is 12.7 Å². The molecule has 11 heavy (non-hydrogen) atoms. The lowest BCUT2D eigenvalue weighted by molar-refractivity contribution is 0.615. The van der Waals surface area contributed by atoms with E-state index >= 15 is 0 Å². The molecule has 0 aliphatic carbocycles. The largest absolute Gasteiger partial charge is 0.229 e. The second kappa shape index (κ2) is 4.09. The van der Waals surface area contributed by atoms with Crippen molar-refractivity contribution >= 4 is 0 Å². The summed E-state index contributed by atoms with van der Waals surface area (Å²) in [6.45, 7) is 3.44. The minimum atomic E-state index is -1.48. The lowest BCUT2D eigenvalue weighted by Gasteiger charge is -2.04. The van der Waals surface area contributed by atoms with Gasteiger partial charge < -0.3 is 0 Å². The van der Waals surface area contributed by atoms with E-state index in [0.29, 0.717) is 6.42 Å². The van der Waals surface area contributed by atoms with Gasteiger partial charge >= 0.3 is 0 Å². The molecule has 0 aliphatic rings. The predicted octanol–water partition coefficient (Wildman–Crippen LogP) is 1.51. The van der Waals surface area contributed by atoms with Gasteiger partial charge in [0.05, 0.1) is 0 Å². The minimum absolute atomic E-state index is 0.236. The molecule has 0 bridgehead atoms. The minimum Gasteiger partial charge on any atom is -0.195 e. The average Bonchev–Trinajstić information content (AvgIpc) is 2.08. The van der Waals surface area contributed by atoms with Gasteiger partial charge in [-0.1, -0.05) is 6.08 Å². The molecule has 0 aromatic rings. The van der Waals surface area contributed by atoms with Crippen LogP contribution in [0.4, 0.5) is 0 Å². The van der Waals surface area contributed by atoms with Crippen molar-refractivity contribution < 1.29 is 0 Å². The normalized spacial score (nSPS) is 8.82. The zero-order chi connectivity index (χ0) is 8.74. The molecule has 0 spiro atoms. The fraction of sp³-hybridized carbons (Fsp3) is 0.375. The highest BCUT2D eigenvalue weighted by atomic mass is 14.4.